The second-order valence-electron chi connectivity index (χ2n) is 6.49. The first kappa shape index (κ1) is 23.5. The van der Waals surface area contributed by atoms with Crippen molar-refractivity contribution in [3.8, 4) is 11.5 Å². The zero-order chi connectivity index (χ0) is 24.1. The molecule has 0 spiro atoms. The number of aliphatic hydroxyl groups is 1. The molecule has 1 heterocycles. The monoisotopic (exact) mass is 470 g/mol. The molecule has 2 aromatic carbocycles. The maximum absolute atomic E-state index is 12.5. The van der Waals surface area contributed by atoms with Gasteiger partial charge in [0.2, 0.25) is 5.75 Å². The maximum Gasteiger partial charge on any atom is 0.344 e. The van der Waals surface area contributed by atoms with Gasteiger partial charge < -0.3 is 19.7 Å². The van der Waals surface area contributed by atoms with Gasteiger partial charge >= 0.3 is 11.7 Å². The van der Waals surface area contributed by atoms with Crippen molar-refractivity contribution >= 4 is 40.4 Å². The standard InChI is InChI=1S/C22H18N2O8S/c1-3-32-22(28)17-19(26)16(33-21(17)23-20(27)13-7-5-4-6-8-13)11-12-9-14(24(29)30)18(25)15(10-12)31-2/h4-11,25-26H,3H2,1-2H3/b16-11-,23-21?. The lowest BCUT2D eigenvalue weighted by molar-refractivity contribution is -0.386. The summed E-state index contributed by atoms with van der Waals surface area (Å²) in [5.41, 5.74) is -0.419. The number of nitrogens with zero attached hydrogens (tertiary/aromatic N) is 2. The molecule has 0 fully saturated rings. The van der Waals surface area contributed by atoms with Gasteiger partial charge in [0.1, 0.15) is 16.4 Å². The van der Waals surface area contributed by atoms with Crippen LogP contribution in [0.2, 0.25) is 0 Å². The van der Waals surface area contributed by atoms with Crippen molar-refractivity contribution in [2.24, 2.45) is 4.99 Å². The fourth-order valence-corrected chi connectivity index (χ4v) is 3.89. The summed E-state index contributed by atoms with van der Waals surface area (Å²) in [5, 5.41) is 31.8. The first-order valence-electron chi connectivity index (χ1n) is 9.50. The predicted molar refractivity (Wildman–Crippen MR) is 121 cm³/mol. The summed E-state index contributed by atoms with van der Waals surface area (Å²) in [6.45, 7) is 1.61. The van der Waals surface area contributed by atoms with Crippen LogP contribution in [-0.2, 0) is 9.53 Å². The number of esters is 1. The fraction of sp³-hybridized carbons (Fsp3) is 0.136. The Labute approximate surface area is 192 Å². The highest BCUT2D eigenvalue weighted by Crippen LogP contribution is 2.42. The number of aliphatic imine (C=N–C) groups is 1. The van der Waals surface area contributed by atoms with Crippen molar-refractivity contribution in [2.75, 3.05) is 13.7 Å². The molecule has 3 rings (SSSR count). The van der Waals surface area contributed by atoms with Crippen LogP contribution in [0, 0.1) is 10.1 Å². The predicted octanol–water partition coefficient (Wildman–Crippen LogP) is 4.01. The number of carbonyl (C=O) groups is 2. The summed E-state index contributed by atoms with van der Waals surface area (Å²) in [5.74, 6) is -2.80. The zero-order valence-electron chi connectivity index (χ0n) is 17.5. The van der Waals surface area contributed by atoms with Gasteiger partial charge in [0.25, 0.3) is 5.91 Å². The fourth-order valence-electron chi connectivity index (χ4n) is 2.87. The van der Waals surface area contributed by atoms with Crippen molar-refractivity contribution < 1.29 is 34.2 Å². The zero-order valence-corrected chi connectivity index (χ0v) is 18.3. The number of benzene rings is 2. The molecule has 1 amide bonds. The number of amides is 1. The van der Waals surface area contributed by atoms with E-state index in [9.17, 15) is 29.9 Å². The molecule has 0 radical (unpaired) electrons. The number of methoxy groups -OCH3 is 1. The van der Waals surface area contributed by atoms with Gasteiger partial charge in [0.15, 0.2) is 5.75 Å². The number of carbonyl (C=O) groups excluding carboxylic acids is 2. The van der Waals surface area contributed by atoms with Crippen LogP contribution < -0.4 is 4.74 Å². The van der Waals surface area contributed by atoms with Crippen LogP contribution in [0.3, 0.4) is 0 Å². The Balaban J connectivity index is 2.09. The number of nitro benzene ring substituents is 1. The molecule has 11 heteroatoms. The van der Waals surface area contributed by atoms with Crippen LogP contribution in [0.5, 0.6) is 11.5 Å². The molecule has 0 bridgehead atoms. The lowest BCUT2D eigenvalue weighted by atomic mass is 10.1. The summed E-state index contributed by atoms with van der Waals surface area (Å²) in [6.07, 6.45) is 1.34. The topological polar surface area (TPSA) is 149 Å². The Hall–Kier alpha value is -4.12. The first-order valence-corrected chi connectivity index (χ1v) is 10.3. The average molecular weight is 470 g/mol. The van der Waals surface area contributed by atoms with Crippen LogP contribution in [0.25, 0.3) is 6.08 Å². The second-order valence-corrected chi connectivity index (χ2v) is 7.52. The Morgan fingerprint density at radius 1 is 1.21 bits per heavy atom. The van der Waals surface area contributed by atoms with Crippen molar-refractivity contribution in [3.63, 3.8) is 0 Å². The molecule has 0 aromatic heterocycles. The molecular formula is C22H18N2O8S. The first-order chi connectivity index (χ1) is 15.8. The summed E-state index contributed by atoms with van der Waals surface area (Å²) in [4.78, 5) is 39.5. The Kier molecular flexibility index (Phi) is 7.13. The third-order valence-electron chi connectivity index (χ3n) is 4.39. The minimum atomic E-state index is -0.875. The van der Waals surface area contributed by atoms with Gasteiger partial charge in [0.05, 0.1) is 23.5 Å². The van der Waals surface area contributed by atoms with Gasteiger partial charge in [0, 0.05) is 11.6 Å². The lowest BCUT2D eigenvalue weighted by Crippen LogP contribution is -2.14. The SMILES string of the molecule is CCOC(=O)C1=C(O)/C(=C/c2cc(OC)c(O)c([N+](=O)[O-])c2)SC1=NC(=O)c1ccccc1. The maximum atomic E-state index is 12.5. The average Bonchev–Trinajstić information content (AvgIpc) is 3.09. The molecule has 0 unspecified atom stereocenters. The molecule has 0 atom stereocenters. The molecule has 170 valence electrons. The van der Waals surface area contributed by atoms with Gasteiger partial charge in [-0.25, -0.2) is 9.79 Å². The molecule has 1 aliphatic heterocycles. The summed E-state index contributed by atoms with van der Waals surface area (Å²) >= 11 is 0.823. The van der Waals surface area contributed by atoms with Crippen LogP contribution >= 0.6 is 11.8 Å². The number of ether oxygens (including phenoxy) is 2. The smallest absolute Gasteiger partial charge is 0.344 e. The van der Waals surface area contributed by atoms with Crippen LogP contribution in [0.4, 0.5) is 5.69 Å². The van der Waals surface area contributed by atoms with E-state index in [4.69, 9.17) is 9.47 Å². The molecule has 0 aliphatic carbocycles. The largest absolute Gasteiger partial charge is 0.506 e. The third-order valence-corrected chi connectivity index (χ3v) is 5.41. The second kappa shape index (κ2) is 10.0. The molecular weight excluding hydrogens is 452 g/mol. The van der Waals surface area contributed by atoms with Crippen molar-refractivity contribution in [1.29, 1.82) is 0 Å². The Bertz CT molecular complexity index is 1220. The lowest BCUT2D eigenvalue weighted by Gasteiger charge is -2.06. The summed E-state index contributed by atoms with van der Waals surface area (Å²) in [7, 11) is 1.23. The van der Waals surface area contributed by atoms with E-state index in [2.05, 4.69) is 4.99 Å². The van der Waals surface area contributed by atoms with E-state index < -0.39 is 34.0 Å². The van der Waals surface area contributed by atoms with Gasteiger partial charge in [-0.2, -0.15) is 0 Å². The molecule has 2 aromatic rings. The van der Waals surface area contributed by atoms with Gasteiger partial charge in [-0.05, 0) is 36.8 Å². The Morgan fingerprint density at radius 2 is 1.91 bits per heavy atom. The third kappa shape index (κ3) is 5.04. The Morgan fingerprint density at radius 3 is 2.52 bits per heavy atom. The number of phenolic OH excluding ortho intramolecular Hbond substituents is 1. The quantitative estimate of drug-likeness (QED) is 0.363. The van der Waals surface area contributed by atoms with E-state index in [1.165, 1.54) is 19.3 Å². The van der Waals surface area contributed by atoms with E-state index in [0.29, 0.717) is 0 Å². The highest BCUT2D eigenvalue weighted by molar-refractivity contribution is 8.18. The molecule has 33 heavy (non-hydrogen) atoms. The number of nitro groups is 1. The van der Waals surface area contributed by atoms with Crippen LogP contribution in [-0.4, -0.2) is 45.8 Å². The molecule has 0 saturated carbocycles. The van der Waals surface area contributed by atoms with Crippen molar-refractivity contribution in [2.45, 2.75) is 6.92 Å². The molecule has 10 nitrogen and oxygen atoms in total. The van der Waals surface area contributed by atoms with Crippen LogP contribution in [0.1, 0.15) is 22.8 Å². The van der Waals surface area contributed by atoms with E-state index in [-0.39, 0.29) is 39.0 Å². The summed E-state index contributed by atoms with van der Waals surface area (Å²) in [6, 6.07) is 10.5. The minimum Gasteiger partial charge on any atom is -0.506 e. The molecule has 1 aliphatic rings. The van der Waals surface area contributed by atoms with Crippen molar-refractivity contribution in [1.82, 2.24) is 0 Å². The minimum absolute atomic E-state index is 0.0284. The highest BCUT2D eigenvalue weighted by atomic mass is 32.2. The van der Waals surface area contributed by atoms with Gasteiger partial charge in [-0.15, -0.1) is 0 Å². The number of thioether (sulfide) groups is 1. The van der Waals surface area contributed by atoms with Crippen LogP contribution in [0.15, 0.2) is 63.7 Å². The van der Waals surface area contributed by atoms with Crippen molar-refractivity contribution in [3.05, 3.63) is 79.9 Å². The summed E-state index contributed by atoms with van der Waals surface area (Å²) < 4.78 is 9.96. The number of phenols is 1. The van der Waals surface area contributed by atoms with E-state index >= 15 is 0 Å². The van der Waals surface area contributed by atoms with E-state index in [1.54, 1.807) is 37.3 Å². The number of hydrogen-bond acceptors (Lipinski definition) is 9. The normalized spacial score (nSPS) is 15.7. The van der Waals surface area contributed by atoms with Gasteiger partial charge in [-0.3, -0.25) is 14.9 Å². The molecule has 0 saturated heterocycles. The number of rotatable bonds is 6. The van der Waals surface area contributed by atoms with E-state index in [1.807, 2.05) is 0 Å². The molecule has 2 N–H and O–H groups in total. The number of aromatic hydroxyl groups is 1. The number of hydrogen-bond donors (Lipinski definition) is 2. The van der Waals surface area contributed by atoms with E-state index in [0.717, 1.165) is 17.8 Å². The number of aliphatic hydroxyl groups excluding tert-OH is 1. The highest BCUT2D eigenvalue weighted by Gasteiger charge is 2.34. The van der Waals surface area contributed by atoms with Gasteiger partial charge in [-0.1, -0.05) is 30.0 Å².